The fourth-order valence-corrected chi connectivity index (χ4v) is 2.22. The van der Waals surface area contributed by atoms with Crippen molar-refractivity contribution >= 4 is 21.6 Å². The molecule has 0 spiro atoms. The van der Waals surface area contributed by atoms with Crippen LogP contribution in [0, 0.1) is 0 Å². The van der Waals surface area contributed by atoms with Crippen LogP contribution in [-0.2, 0) is 0 Å². The molecule has 0 saturated heterocycles. The highest BCUT2D eigenvalue weighted by Crippen LogP contribution is 2.37. The Hall–Kier alpha value is -0.510. The lowest BCUT2D eigenvalue weighted by Gasteiger charge is -2.18. The number of anilines is 1. The van der Waals surface area contributed by atoms with Crippen molar-refractivity contribution in [3.05, 3.63) is 10.4 Å². The molecule has 0 aromatic carbocycles. The van der Waals surface area contributed by atoms with Gasteiger partial charge in [0.25, 0.3) is 0 Å². The van der Waals surface area contributed by atoms with Crippen molar-refractivity contribution < 1.29 is 4.52 Å². The molecule has 0 radical (unpaired) electrons. The largest absolute Gasteiger partial charge is 0.394 e. The van der Waals surface area contributed by atoms with Crippen molar-refractivity contribution in [1.29, 1.82) is 0 Å². The van der Waals surface area contributed by atoms with E-state index in [1.165, 1.54) is 32.1 Å². The van der Waals surface area contributed by atoms with Crippen molar-refractivity contribution in [2.75, 3.05) is 5.73 Å². The summed E-state index contributed by atoms with van der Waals surface area (Å²) in [6.07, 6.45) is 6.27. The summed E-state index contributed by atoms with van der Waals surface area (Å²) in [4.78, 5) is 0. The Bertz CT molecular complexity index is 292. The molecule has 72 valence electrons. The molecule has 4 heteroatoms. The minimum absolute atomic E-state index is 0.493. The van der Waals surface area contributed by atoms with Crippen molar-refractivity contribution in [2.24, 2.45) is 0 Å². The molecule has 13 heavy (non-hydrogen) atoms. The van der Waals surface area contributed by atoms with E-state index < -0.39 is 0 Å². The molecule has 0 unspecified atom stereocenters. The third-order valence-corrected chi connectivity index (χ3v) is 3.26. The quantitative estimate of drug-likeness (QED) is 0.827. The number of halogens is 1. The van der Waals surface area contributed by atoms with Crippen LogP contribution < -0.4 is 5.73 Å². The number of nitrogen functional groups attached to an aromatic ring is 1. The molecule has 1 aromatic heterocycles. The standard InChI is InChI=1S/C9H13BrN2O/c10-9-7(11)8(13-12-9)6-4-2-1-3-5-6/h6H,1-5,11H2. The molecular formula is C9H13BrN2O. The Labute approximate surface area is 85.8 Å². The summed E-state index contributed by atoms with van der Waals surface area (Å²) in [6, 6.07) is 0. The normalized spacial score (nSPS) is 19.2. The average molecular weight is 245 g/mol. The Balaban J connectivity index is 2.18. The molecule has 1 aliphatic rings. The summed E-state index contributed by atoms with van der Waals surface area (Å²) in [5, 5.41) is 3.81. The van der Waals surface area contributed by atoms with Gasteiger partial charge < -0.3 is 10.3 Å². The summed E-state index contributed by atoms with van der Waals surface area (Å²) in [5.41, 5.74) is 6.52. The predicted octanol–water partition coefficient (Wildman–Crippen LogP) is 3.07. The molecule has 0 atom stereocenters. The fraction of sp³-hybridized carbons (Fsp3) is 0.667. The minimum atomic E-state index is 0.493. The molecule has 0 aliphatic heterocycles. The van der Waals surface area contributed by atoms with Gasteiger partial charge in [-0.1, -0.05) is 24.4 Å². The zero-order chi connectivity index (χ0) is 9.26. The molecule has 0 amide bonds. The summed E-state index contributed by atoms with van der Waals surface area (Å²) in [6.45, 7) is 0. The van der Waals surface area contributed by atoms with E-state index in [0.29, 0.717) is 16.2 Å². The smallest absolute Gasteiger partial charge is 0.172 e. The molecule has 2 rings (SSSR count). The Morgan fingerprint density at radius 2 is 2.00 bits per heavy atom. The van der Waals surface area contributed by atoms with Crippen LogP contribution in [-0.4, -0.2) is 5.16 Å². The zero-order valence-electron chi connectivity index (χ0n) is 7.42. The van der Waals surface area contributed by atoms with Gasteiger partial charge in [-0.2, -0.15) is 0 Å². The van der Waals surface area contributed by atoms with Crippen molar-refractivity contribution in [3.63, 3.8) is 0 Å². The van der Waals surface area contributed by atoms with Gasteiger partial charge >= 0.3 is 0 Å². The molecule has 0 bridgehead atoms. The van der Waals surface area contributed by atoms with E-state index >= 15 is 0 Å². The minimum Gasteiger partial charge on any atom is -0.394 e. The van der Waals surface area contributed by atoms with Crippen LogP contribution in [0.1, 0.15) is 43.8 Å². The first-order chi connectivity index (χ1) is 6.29. The third kappa shape index (κ3) is 1.73. The predicted molar refractivity (Wildman–Crippen MR) is 54.4 cm³/mol. The number of nitrogens with zero attached hydrogens (tertiary/aromatic N) is 1. The first-order valence-electron chi connectivity index (χ1n) is 4.69. The molecule has 1 fully saturated rings. The second kappa shape index (κ2) is 3.70. The maximum atomic E-state index is 5.83. The summed E-state index contributed by atoms with van der Waals surface area (Å²) < 4.78 is 5.86. The van der Waals surface area contributed by atoms with Crippen LogP contribution in [0.25, 0.3) is 0 Å². The van der Waals surface area contributed by atoms with Gasteiger partial charge in [0.15, 0.2) is 10.4 Å². The van der Waals surface area contributed by atoms with Crippen LogP contribution in [0.3, 0.4) is 0 Å². The number of nitrogens with two attached hydrogens (primary N) is 1. The average Bonchev–Trinajstić information content (AvgIpc) is 2.49. The third-order valence-electron chi connectivity index (χ3n) is 2.69. The molecule has 3 nitrogen and oxygen atoms in total. The second-order valence-electron chi connectivity index (χ2n) is 3.59. The molecule has 2 N–H and O–H groups in total. The van der Waals surface area contributed by atoms with Gasteiger partial charge in [-0.15, -0.1) is 0 Å². The van der Waals surface area contributed by atoms with Gasteiger partial charge in [0, 0.05) is 5.92 Å². The van der Waals surface area contributed by atoms with Gasteiger partial charge in [0.2, 0.25) is 0 Å². The van der Waals surface area contributed by atoms with Crippen molar-refractivity contribution in [2.45, 2.75) is 38.0 Å². The lowest BCUT2D eigenvalue weighted by molar-refractivity contribution is 0.321. The van der Waals surface area contributed by atoms with E-state index in [0.717, 1.165) is 5.76 Å². The van der Waals surface area contributed by atoms with Gasteiger partial charge in [-0.3, -0.25) is 0 Å². The Kier molecular flexibility index (Phi) is 2.58. The Morgan fingerprint density at radius 3 is 2.54 bits per heavy atom. The first-order valence-corrected chi connectivity index (χ1v) is 5.49. The van der Waals surface area contributed by atoms with Crippen LogP contribution in [0.2, 0.25) is 0 Å². The van der Waals surface area contributed by atoms with E-state index in [1.807, 2.05) is 0 Å². The maximum absolute atomic E-state index is 5.83. The number of hydrogen-bond acceptors (Lipinski definition) is 3. The van der Waals surface area contributed by atoms with Gasteiger partial charge in [0.05, 0.1) is 0 Å². The van der Waals surface area contributed by atoms with Crippen LogP contribution in [0.15, 0.2) is 9.13 Å². The molecule has 1 aliphatic carbocycles. The SMILES string of the molecule is Nc1c(Br)noc1C1CCCCC1. The monoisotopic (exact) mass is 244 g/mol. The lowest BCUT2D eigenvalue weighted by atomic mass is 9.87. The lowest BCUT2D eigenvalue weighted by Crippen LogP contribution is -2.05. The first kappa shape index (κ1) is 9.06. The number of aromatic nitrogens is 1. The van der Waals surface area contributed by atoms with E-state index in [9.17, 15) is 0 Å². The molecule has 1 saturated carbocycles. The van der Waals surface area contributed by atoms with E-state index in [4.69, 9.17) is 10.3 Å². The maximum Gasteiger partial charge on any atom is 0.172 e. The summed E-state index contributed by atoms with van der Waals surface area (Å²) >= 11 is 3.25. The highest BCUT2D eigenvalue weighted by atomic mass is 79.9. The Morgan fingerprint density at radius 1 is 1.31 bits per heavy atom. The van der Waals surface area contributed by atoms with Gasteiger partial charge in [0.1, 0.15) is 5.69 Å². The van der Waals surface area contributed by atoms with E-state index in [1.54, 1.807) is 0 Å². The number of hydrogen-bond donors (Lipinski definition) is 1. The summed E-state index contributed by atoms with van der Waals surface area (Å²) in [5.74, 6) is 1.37. The van der Waals surface area contributed by atoms with E-state index in [-0.39, 0.29) is 0 Å². The van der Waals surface area contributed by atoms with Crippen molar-refractivity contribution in [3.8, 4) is 0 Å². The fourth-order valence-electron chi connectivity index (χ4n) is 1.95. The molecule has 1 heterocycles. The zero-order valence-corrected chi connectivity index (χ0v) is 9.01. The molecule has 1 aromatic rings. The second-order valence-corrected chi connectivity index (χ2v) is 4.34. The van der Waals surface area contributed by atoms with Crippen molar-refractivity contribution in [1.82, 2.24) is 5.16 Å². The van der Waals surface area contributed by atoms with Crippen LogP contribution >= 0.6 is 15.9 Å². The van der Waals surface area contributed by atoms with Crippen LogP contribution in [0.4, 0.5) is 5.69 Å². The molecular weight excluding hydrogens is 232 g/mol. The van der Waals surface area contributed by atoms with E-state index in [2.05, 4.69) is 21.1 Å². The topological polar surface area (TPSA) is 52.0 Å². The van der Waals surface area contributed by atoms with Gasteiger partial charge in [-0.05, 0) is 28.8 Å². The highest BCUT2D eigenvalue weighted by molar-refractivity contribution is 9.10. The number of rotatable bonds is 1. The highest BCUT2D eigenvalue weighted by Gasteiger charge is 2.23. The van der Waals surface area contributed by atoms with Gasteiger partial charge in [-0.25, -0.2) is 0 Å². The van der Waals surface area contributed by atoms with Crippen LogP contribution in [0.5, 0.6) is 0 Å². The summed E-state index contributed by atoms with van der Waals surface area (Å²) in [7, 11) is 0.